The molecule has 1 amide bonds. The maximum atomic E-state index is 12.6. The fraction of sp³-hybridized carbons (Fsp3) is 0.211. The fourth-order valence-corrected chi connectivity index (χ4v) is 2.87. The quantitative estimate of drug-likeness (QED) is 0.895. The number of carbonyl (C=O) groups excluding carboxylic acids is 2. The van der Waals surface area contributed by atoms with Crippen LogP contribution in [0.3, 0.4) is 0 Å². The normalized spacial score (nSPS) is 15.6. The van der Waals surface area contributed by atoms with Gasteiger partial charge in [0.15, 0.2) is 5.78 Å². The van der Waals surface area contributed by atoms with Crippen molar-refractivity contribution >= 4 is 34.8 Å². The van der Waals surface area contributed by atoms with E-state index in [1.807, 2.05) is 32.0 Å². The summed E-state index contributed by atoms with van der Waals surface area (Å²) >= 11 is 5.96. The Balaban J connectivity index is 1.94. The molecule has 3 rings (SSSR count). The lowest BCUT2D eigenvalue weighted by atomic mass is 10.1. The van der Waals surface area contributed by atoms with Crippen molar-refractivity contribution in [2.45, 2.75) is 26.4 Å². The van der Waals surface area contributed by atoms with E-state index in [9.17, 15) is 9.59 Å². The molecule has 6 nitrogen and oxygen atoms in total. The van der Waals surface area contributed by atoms with Crippen LogP contribution in [0.4, 0.5) is 5.69 Å². The van der Waals surface area contributed by atoms with E-state index in [1.165, 1.54) is 11.9 Å². The Morgan fingerprint density at radius 3 is 2.23 bits per heavy atom. The van der Waals surface area contributed by atoms with Crippen LogP contribution < -0.4 is 10.4 Å². The Labute approximate surface area is 157 Å². The van der Waals surface area contributed by atoms with E-state index in [4.69, 9.17) is 11.6 Å². The monoisotopic (exact) mass is 370 g/mol. The second-order valence-electron chi connectivity index (χ2n) is 6.40. The van der Waals surface area contributed by atoms with Crippen LogP contribution in [0.15, 0.2) is 59.7 Å². The number of amides is 1. The lowest BCUT2D eigenvalue weighted by molar-refractivity contribution is -0.112. The third-order valence-corrected chi connectivity index (χ3v) is 4.36. The van der Waals surface area contributed by atoms with E-state index >= 15 is 0 Å². The lowest BCUT2D eigenvalue weighted by Crippen LogP contribution is -2.59. The van der Waals surface area contributed by atoms with Crippen molar-refractivity contribution in [2.75, 3.05) is 5.01 Å². The number of hydrazine groups is 1. The number of amidine groups is 1. The number of nitrogens with zero attached hydrogens (tertiary/aromatic N) is 3. The van der Waals surface area contributed by atoms with Gasteiger partial charge in [0.1, 0.15) is 5.66 Å². The highest BCUT2D eigenvalue weighted by Crippen LogP contribution is 2.32. The topological polar surface area (TPSA) is 65.0 Å². The van der Waals surface area contributed by atoms with Crippen molar-refractivity contribution in [3.63, 3.8) is 0 Å². The Morgan fingerprint density at radius 2 is 1.65 bits per heavy atom. The van der Waals surface area contributed by atoms with Gasteiger partial charge in [0, 0.05) is 17.5 Å². The summed E-state index contributed by atoms with van der Waals surface area (Å²) in [7, 11) is 0. The predicted octanol–water partition coefficient (Wildman–Crippen LogP) is 3.45. The summed E-state index contributed by atoms with van der Waals surface area (Å²) in [4.78, 5) is 24.7. The minimum absolute atomic E-state index is 0.161. The Hall–Kier alpha value is -2.86. The molecule has 0 radical (unpaired) electrons. The number of hydrazone groups is 1. The molecule has 0 atom stereocenters. The van der Waals surface area contributed by atoms with Gasteiger partial charge in [-0.2, -0.15) is 0 Å². The highest BCUT2D eigenvalue weighted by atomic mass is 35.5. The molecular weight excluding hydrogens is 352 g/mol. The molecule has 1 aliphatic heterocycles. The van der Waals surface area contributed by atoms with Gasteiger partial charge in [0.05, 0.1) is 5.69 Å². The molecule has 0 aromatic heterocycles. The summed E-state index contributed by atoms with van der Waals surface area (Å²) < 4.78 is 0. The molecule has 0 saturated carbocycles. The molecule has 0 fully saturated rings. The zero-order valence-electron chi connectivity index (χ0n) is 14.7. The van der Waals surface area contributed by atoms with Crippen molar-refractivity contribution in [1.29, 1.82) is 0 Å². The van der Waals surface area contributed by atoms with Crippen LogP contribution in [0.25, 0.3) is 0 Å². The van der Waals surface area contributed by atoms with Gasteiger partial charge in [0.2, 0.25) is 5.84 Å². The molecular formula is C19H19ClN4O2. The number of rotatable bonds is 4. The molecule has 1 N–H and O–H groups in total. The Morgan fingerprint density at radius 1 is 1.04 bits per heavy atom. The third-order valence-electron chi connectivity index (χ3n) is 4.11. The first-order chi connectivity index (χ1) is 12.3. The molecule has 0 unspecified atom stereocenters. The van der Waals surface area contributed by atoms with Gasteiger partial charge < -0.3 is 0 Å². The maximum Gasteiger partial charge on any atom is 0.269 e. The van der Waals surface area contributed by atoms with Crippen molar-refractivity contribution in [3.05, 3.63) is 65.2 Å². The van der Waals surface area contributed by atoms with E-state index in [-0.39, 0.29) is 17.5 Å². The average Bonchev–Trinajstić information content (AvgIpc) is 2.88. The third kappa shape index (κ3) is 3.28. The lowest BCUT2D eigenvalue weighted by Gasteiger charge is -2.38. The van der Waals surface area contributed by atoms with Crippen molar-refractivity contribution < 1.29 is 9.59 Å². The van der Waals surface area contributed by atoms with Gasteiger partial charge in [0.25, 0.3) is 5.91 Å². The molecule has 1 heterocycles. The van der Waals surface area contributed by atoms with Crippen LogP contribution in [0.2, 0.25) is 5.02 Å². The molecule has 0 spiro atoms. The SMILES string of the molecule is CC(=O)C1=NN(c2ccc(Cl)cc2)C(C)(C)N1NC(=O)c1ccccc1. The van der Waals surface area contributed by atoms with Crippen LogP contribution in [0.1, 0.15) is 31.1 Å². The van der Waals surface area contributed by atoms with Gasteiger partial charge in [-0.3, -0.25) is 15.0 Å². The van der Waals surface area contributed by atoms with Gasteiger partial charge in [-0.1, -0.05) is 29.8 Å². The zero-order chi connectivity index (χ0) is 18.9. The van der Waals surface area contributed by atoms with E-state index in [0.29, 0.717) is 10.6 Å². The smallest absolute Gasteiger partial charge is 0.269 e. The first-order valence-corrected chi connectivity index (χ1v) is 8.50. The standard InChI is InChI=1S/C19H19ClN4O2/c1-13(25)17-21-23(16-11-9-15(20)10-12-16)19(2,3)24(17)22-18(26)14-7-5-4-6-8-14/h4-12H,1-3H3,(H,22,26). The summed E-state index contributed by atoms with van der Waals surface area (Å²) in [5.74, 6) is -0.400. The molecule has 26 heavy (non-hydrogen) atoms. The number of anilines is 1. The number of halogens is 1. The molecule has 0 bridgehead atoms. The highest BCUT2D eigenvalue weighted by Gasteiger charge is 2.44. The summed E-state index contributed by atoms with van der Waals surface area (Å²) in [6.07, 6.45) is 0. The van der Waals surface area contributed by atoms with Gasteiger partial charge >= 0.3 is 0 Å². The van der Waals surface area contributed by atoms with Gasteiger partial charge in [-0.25, -0.2) is 10.0 Å². The Bertz CT molecular complexity index is 863. The van der Waals surface area contributed by atoms with E-state index in [1.54, 1.807) is 41.4 Å². The van der Waals surface area contributed by atoms with Crippen LogP contribution in [0.5, 0.6) is 0 Å². The molecule has 134 valence electrons. The minimum atomic E-state index is -0.792. The van der Waals surface area contributed by atoms with Crippen LogP contribution in [-0.4, -0.2) is 28.2 Å². The first-order valence-electron chi connectivity index (χ1n) is 8.12. The first kappa shape index (κ1) is 17.9. The molecule has 0 aliphatic carbocycles. The van der Waals surface area contributed by atoms with E-state index in [2.05, 4.69) is 10.5 Å². The number of hydrogen-bond acceptors (Lipinski definition) is 5. The van der Waals surface area contributed by atoms with E-state index < -0.39 is 5.66 Å². The van der Waals surface area contributed by atoms with Crippen LogP contribution in [0, 0.1) is 0 Å². The molecule has 2 aromatic rings. The number of carbonyl (C=O) groups is 2. The minimum Gasteiger partial charge on any atom is -0.291 e. The molecule has 0 saturated heterocycles. The predicted molar refractivity (Wildman–Crippen MR) is 102 cm³/mol. The number of benzene rings is 2. The second kappa shape index (κ2) is 6.80. The zero-order valence-corrected chi connectivity index (χ0v) is 15.5. The number of ketones is 1. The number of Topliss-reactive ketones (excluding diaryl/α,β-unsaturated/α-hetero) is 1. The van der Waals surface area contributed by atoms with Gasteiger partial charge in [-0.05, 0) is 50.2 Å². The summed E-state index contributed by atoms with van der Waals surface area (Å²) in [5.41, 5.74) is 3.27. The Kier molecular flexibility index (Phi) is 4.70. The summed E-state index contributed by atoms with van der Waals surface area (Å²) in [6.45, 7) is 5.15. The van der Waals surface area contributed by atoms with E-state index in [0.717, 1.165) is 5.69 Å². The second-order valence-corrected chi connectivity index (χ2v) is 6.84. The largest absolute Gasteiger partial charge is 0.291 e. The molecule has 2 aromatic carbocycles. The number of hydrogen-bond donors (Lipinski definition) is 1. The average molecular weight is 371 g/mol. The van der Waals surface area contributed by atoms with Crippen molar-refractivity contribution in [1.82, 2.24) is 10.4 Å². The van der Waals surface area contributed by atoms with Gasteiger partial charge in [-0.15, -0.1) is 5.10 Å². The molecule has 7 heteroatoms. The van der Waals surface area contributed by atoms with Crippen molar-refractivity contribution in [2.24, 2.45) is 5.10 Å². The maximum absolute atomic E-state index is 12.6. The molecule has 1 aliphatic rings. The fourth-order valence-electron chi connectivity index (χ4n) is 2.74. The van der Waals surface area contributed by atoms with Crippen molar-refractivity contribution in [3.8, 4) is 0 Å². The van der Waals surface area contributed by atoms with Crippen LogP contribution >= 0.6 is 11.6 Å². The highest BCUT2D eigenvalue weighted by molar-refractivity contribution is 6.38. The number of nitrogens with one attached hydrogen (secondary N) is 1. The summed E-state index contributed by atoms with van der Waals surface area (Å²) in [5, 5.41) is 8.23. The van der Waals surface area contributed by atoms with Crippen LogP contribution in [-0.2, 0) is 4.79 Å². The summed E-state index contributed by atoms with van der Waals surface area (Å²) in [6, 6.07) is 15.9.